The van der Waals surface area contributed by atoms with Gasteiger partial charge in [-0.2, -0.15) is 8.78 Å². The summed E-state index contributed by atoms with van der Waals surface area (Å²) in [5.74, 6) is 0.000465. The lowest BCUT2D eigenvalue weighted by atomic mass is 9.81. The van der Waals surface area contributed by atoms with Crippen molar-refractivity contribution in [2.75, 3.05) is 7.05 Å². The van der Waals surface area contributed by atoms with Crippen LogP contribution >= 0.6 is 0 Å². The quantitative estimate of drug-likeness (QED) is 0.663. The molecule has 3 aromatic carbocycles. The lowest BCUT2D eigenvalue weighted by Gasteiger charge is -2.25. The van der Waals surface area contributed by atoms with Crippen LogP contribution in [0.1, 0.15) is 16.7 Å². The van der Waals surface area contributed by atoms with Crippen LogP contribution in [0.15, 0.2) is 72.8 Å². The number of likely N-dealkylation sites (N-methyl/N-ethyl adjacent to an activating group) is 1. The Balaban J connectivity index is 1.90. The molecule has 3 aromatic rings. The predicted molar refractivity (Wildman–Crippen MR) is 113 cm³/mol. The monoisotopic (exact) mass is 422 g/mol. The van der Waals surface area contributed by atoms with Gasteiger partial charge in [0.1, 0.15) is 5.75 Å². The Morgan fingerprint density at radius 1 is 0.968 bits per heavy atom. The summed E-state index contributed by atoms with van der Waals surface area (Å²) < 4.78 is 30.0. The summed E-state index contributed by atoms with van der Waals surface area (Å²) in [5.41, 5.74) is 8.49. The van der Waals surface area contributed by atoms with Crippen molar-refractivity contribution in [3.05, 3.63) is 89.5 Å². The minimum Gasteiger partial charge on any atom is -0.435 e. The van der Waals surface area contributed by atoms with Gasteiger partial charge in [-0.05, 0) is 41.8 Å². The second-order valence-corrected chi connectivity index (χ2v) is 7.43. The minimum atomic E-state index is -2.93. The number of ether oxygens (including phenoxy) is 1. The molecule has 0 aromatic heterocycles. The van der Waals surface area contributed by atoms with Gasteiger partial charge >= 0.3 is 18.5 Å². The highest BCUT2D eigenvalue weighted by molar-refractivity contribution is 6.03. The number of halogens is 2. The van der Waals surface area contributed by atoms with Gasteiger partial charge in [0.2, 0.25) is 5.54 Å². The average Bonchev–Trinajstić information content (AvgIpc) is 3.00. The standard InChI is InChI=1S/C24H21F2N3O2/c1-15-13-19(11-12-20(15)31-22(25)26)24(21(30)29(2)23(27)28-24)18-10-6-9-17(14-18)16-7-4-3-5-8-16/h3-14,22H,1-2H3,(H2,27,28)/p+1. The van der Waals surface area contributed by atoms with E-state index in [0.29, 0.717) is 16.7 Å². The van der Waals surface area contributed by atoms with Gasteiger partial charge in [-0.1, -0.05) is 54.6 Å². The number of amides is 1. The highest BCUT2D eigenvalue weighted by Gasteiger charge is 2.54. The number of benzene rings is 3. The molecule has 7 heteroatoms. The number of guanidine groups is 1. The van der Waals surface area contributed by atoms with Crippen molar-refractivity contribution in [3.63, 3.8) is 0 Å². The van der Waals surface area contributed by atoms with Crippen molar-refractivity contribution in [2.45, 2.75) is 19.1 Å². The Hall–Kier alpha value is -3.74. The van der Waals surface area contributed by atoms with Crippen LogP contribution in [0, 0.1) is 6.92 Å². The maximum Gasteiger partial charge on any atom is 0.387 e. The van der Waals surface area contributed by atoms with Crippen LogP contribution in [0.3, 0.4) is 0 Å². The molecule has 0 saturated carbocycles. The van der Waals surface area contributed by atoms with Crippen LogP contribution < -0.4 is 15.5 Å². The molecule has 1 aliphatic rings. The van der Waals surface area contributed by atoms with Crippen LogP contribution in [-0.4, -0.2) is 30.4 Å². The van der Waals surface area contributed by atoms with E-state index < -0.39 is 12.2 Å². The Morgan fingerprint density at radius 3 is 2.26 bits per heavy atom. The molecule has 0 bridgehead atoms. The van der Waals surface area contributed by atoms with E-state index in [1.165, 1.54) is 11.0 Å². The van der Waals surface area contributed by atoms with Gasteiger partial charge in [0.05, 0.1) is 7.05 Å². The van der Waals surface area contributed by atoms with E-state index in [2.05, 4.69) is 9.73 Å². The van der Waals surface area contributed by atoms with Gasteiger partial charge in [-0.3, -0.25) is 15.5 Å². The number of aryl methyl sites for hydroxylation is 1. The molecular weight excluding hydrogens is 400 g/mol. The van der Waals surface area contributed by atoms with E-state index in [4.69, 9.17) is 5.73 Å². The van der Waals surface area contributed by atoms with E-state index in [1.807, 2.05) is 54.6 Å². The largest absolute Gasteiger partial charge is 0.435 e. The molecule has 0 saturated heterocycles. The van der Waals surface area contributed by atoms with E-state index in [-0.39, 0.29) is 17.6 Å². The average molecular weight is 422 g/mol. The number of nitrogens with two attached hydrogens (primary N) is 1. The second-order valence-electron chi connectivity index (χ2n) is 7.43. The number of rotatable bonds is 5. The second kappa shape index (κ2) is 7.83. The van der Waals surface area contributed by atoms with E-state index in [1.54, 1.807) is 26.1 Å². The Morgan fingerprint density at radius 2 is 1.65 bits per heavy atom. The first-order valence-corrected chi connectivity index (χ1v) is 9.73. The van der Waals surface area contributed by atoms with Gasteiger partial charge in [0.25, 0.3) is 0 Å². The van der Waals surface area contributed by atoms with Crippen LogP contribution in [0.2, 0.25) is 0 Å². The van der Waals surface area contributed by atoms with Crippen LogP contribution in [0.25, 0.3) is 11.1 Å². The summed E-state index contributed by atoms with van der Waals surface area (Å²) in [6.07, 6.45) is 0. The van der Waals surface area contributed by atoms with Gasteiger partial charge in [-0.25, -0.2) is 4.90 Å². The van der Waals surface area contributed by atoms with E-state index in [9.17, 15) is 13.6 Å². The van der Waals surface area contributed by atoms with Crippen molar-refractivity contribution in [2.24, 2.45) is 5.73 Å². The third-order valence-corrected chi connectivity index (χ3v) is 5.53. The van der Waals surface area contributed by atoms with E-state index in [0.717, 1.165) is 11.1 Å². The fourth-order valence-electron chi connectivity index (χ4n) is 3.92. The summed E-state index contributed by atoms with van der Waals surface area (Å²) in [7, 11) is 1.59. The highest BCUT2D eigenvalue weighted by atomic mass is 19.3. The number of nitrogens with zero attached hydrogens (tertiary/aromatic N) is 1. The third kappa shape index (κ3) is 3.52. The van der Waals surface area contributed by atoms with Crippen molar-refractivity contribution >= 4 is 11.9 Å². The van der Waals surface area contributed by atoms with Crippen molar-refractivity contribution < 1.29 is 23.3 Å². The summed E-state index contributed by atoms with van der Waals surface area (Å²) in [6.45, 7) is -1.27. The van der Waals surface area contributed by atoms with Crippen LogP contribution in [0.4, 0.5) is 8.78 Å². The fraction of sp³-hybridized carbons (Fsp3) is 0.167. The molecule has 3 N–H and O–H groups in total. The molecule has 1 amide bonds. The number of hydrogen-bond donors (Lipinski definition) is 2. The minimum absolute atomic E-state index is 0.0580. The molecule has 0 radical (unpaired) electrons. The van der Waals surface area contributed by atoms with Crippen molar-refractivity contribution in [1.29, 1.82) is 0 Å². The topological polar surface area (TPSA) is 69.5 Å². The Bertz CT molecular complexity index is 1160. The number of alkyl halides is 2. The zero-order valence-corrected chi connectivity index (χ0v) is 17.1. The molecule has 1 aliphatic heterocycles. The first-order valence-electron chi connectivity index (χ1n) is 9.73. The SMILES string of the molecule is Cc1cc(C2(c3cccc(-c4ccccc4)c3)[NH+]=C(N)N(C)C2=O)ccc1OC(F)F. The first-order chi connectivity index (χ1) is 14.8. The van der Waals surface area contributed by atoms with Crippen molar-refractivity contribution in [1.82, 2.24) is 4.90 Å². The maximum atomic E-state index is 13.5. The molecule has 1 atom stereocenters. The Kier molecular flexibility index (Phi) is 5.19. The predicted octanol–water partition coefficient (Wildman–Crippen LogP) is 2.37. The number of hydrogen-bond acceptors (Lipinski definition) is 3. The van der Waals surface area contributed by atoms with Crippen LogP contribution in [-0.2, 0) is 10.3 Å². The molecule has 31 heavy (non-hydrogen) atoms. The van der Waals surface area contributed by atoms with Gasteiger partial charge in [0.15, 0.2) is 0 Å². The van der Waals surface area contributed by atoms with Crippen LogP contribution in [0.5, 0.6) is 5.75 Å². The van der Waals surface area contributed by atoms with E-state index >= 15 is 0 Å². The van der Waals surface area contributed by atoms with Crippen molar-refractivity contribution in [3.8, 4) is 16.9 Å². The molecule has 0 fully saturated rings. The summed E-state index contributed by atoms with van der Waals surface area (Å²) in [4.78, 5) is 18.0. The molecule has 1 unspecified atom stereocenters. The Labute approximate surface area is 178 Å². The summed E-state index contributed by atoms with van der Waals surface area (Å²) >= 11 is 0. The normalized spacial score (nSPS) is 18.4. The fourth-order valence-corrected chi connectivity index (χ4v) is 3.92. The van der Waals surface area contributed by atoms with Gasteiger partial charge < -0.3 is 4.74 Å². The smallest absolute Gasteiger partial charge is 0.387 e. The zero-order chi connectivity index (χ0) is 22.2. The zero-order valence-electron chi connectivity index (χ0n) is 17.1. The highest BCUT2D eigenvalue weighted by Crippen LogP contribution is 2.34. The lowest BCUT2D eigenvalue weighted by Crippen LogP contribution is -2.85. The van der Waals surface area contributed by atoms with Gasteiger partial charge in [-0.15, -0.1) is 0 Å². The molecule has 4 rings (SSSR count). The molecule has 5 nitrogen and oxygen atoms in total. The third-order valence-electron chi connectivity index (χ3n) is 5.53. The summed E-state index contributed by atoms with van der Waals surface area (Å²) in [6, 6.07) is 22.2. The van der Waals surface area contributed by atoms with Gasteiger partial charge in [0, 0.05) is 11.1 Å². The summed E-state index contributed by atoms with van der Waals surface area (Å²) in [5, 5.41) is 0. The molecule has 0 aliphatic carbocycles. The molecular formula is C24H22F2N3O2+. The molecule has 0 spiro atoms. The number of nitrogens with one attached hydrogen (secondary N) is 1. The maximum absolute atomic E-state index is 13.5. The molecule has 158 valence electrons. The number of carbonyl (C=O) groups excluding carboxylic acids is 1. The first kappa shape index (κ1) is 20.5. The lowest BCUT2D eigenvalue weighted by molar-refractivity contribution is -0.525. The molecule has 1 heterocycles. The number of carbonyl (C=O) groups is 1.